The van der Waals surface area contributed by atoms with Gasteiger partial charge < -0.3 is 15.0 Å². The van der Waals surface area contributed by atoms with Crippen LogP contribution >= 0.6 is 0 Å². The number of halogens is 2. The molecule has 0 radical (unpaired) electrons. The van der Waals surface area contributed by atoms with Gasteiger partial charge in [-0.25, -0.2) is 8.78 Å². The average Bonchev–Trinajstić information content (AvgIpc) is 2.67. The van der Waals surface area contributed by atoms with Crippen molar-refractivity contribution >= 4 is 5.91 Å². The summed E-state index contributed by atoms with van der Waals surface area (Å²) in [5, 5.41) is 3.26. The van der Waals surface area contributed by atoms with E-state index < -0.39 is 17.2 Å². The molecular weight excluding hydrogens is 340 g/mol. The number of benzene rings is 1. The number of ether oxygens (including phenoxy) is 1. The third-order valence-electron chi connectivity index (χ3n) is 5.75. The number of amides is 1. The van der Waals surface area contributed by atoms with Gasteiger partial charge in [0, 0.05) is 51.0 Å². The van der Waals surface area contributed by atoms with E-state index in [1.165, 1.54) is 12.1 Å². The fraction of sp³-hybridized carbons (Fsp3) is 0.632. The molecule has 7 heteroatoms. The summed E-state index contributed by atoms with van der Waals surface area (Å²) in [6.45, 7) is 5.96. The van der Waals surface area contributed by atoms with Crippen LogP contribution in [0.3, 0.4) is 0 Å². The van der Waals surface area contributed by atoms with Crippen molar-refractivity contribution < 1.29 is 18.3 Å². The normalized spacial score (nSPS) is 22.2. The van der Waals surface area contributed by atoms with Crippen LogP contribution in [0, 0.1) is 11.6 Å². The van der Waals surface area contributed by atoms with Crippen LogP contribution in [0.1, 0.15) is 31.4 Å². The molecule has 2 fully saturated rings. The van der Waals surface area contributed by atoms with E-state index in [1.54, 1.807) is 7.11 Å². The van der Waals surface area contributed by atoms with E-state index in [0.29, 0.717) is 44.6 Å². The highest BCUT2D eigenvalue weighted by Crippen LogP contribution is 2.28. The zero-order valence-electron chi connectivity index (χ0n) is 15.4. The number of carbonyl (C=O) groups is 1. The molecule has 2 aliphatic rings. The summed E-state index contributed by atoms with van der Waals surface area (Å²) in [7, 11) is 1.61. The zero-order valence-corrected chi connectivity index (χ0v) is 15.4. The topological polar surface area (TPSA) is 44.8 Å². The number of nitrogens with one attached hydrogen (secondary N) is 1. The third-order valence-corrected chi connectivity index (χ3v) is 5.75. The van der Waals surface area contributed by atoms with Crippen LogP contribution in [0.15, 0.2) is 18.2 Å². The van der Waals surface area contributed by atoms with Crippen molar-refractivity contribution in [2.75, 3.05) is 46.4 Å². The molecule has 1 amide bonds. The Bertz CT molecular complexity index is 642. The van der Waals surface area contributed by atoms with Gasteiger partial charge in [0.25, 0.3) is 5.91 Å². The quantitative estimate of drug-likeness (QED) is 0.883. The van der Waals surface area contributed by atoms with Crippen molar-refractivity contribution in [1.82, 2.24) is 15.1 Å². The van der Waals surface area contributed by atoms with E-state index in [1.807, 2.05) is 11.8 Å². The number of carbonyl (C=O) groups excluding carboxylic acids is 1. The van der Waals surface area contributed by atoms with Gasteiger partial charge in [-0.05, 0) is 38.9 Å². The molecule has 0 aromatic heterocycles. The molecule has 0 bridgehead atoms. The molecule has 2 saturated heterocycles. The molecule has 0 aliphatic carbocycles. The van der Waals surface area contributed by atoms with E-state index >= 15 is 0 Å². The second-order valence-corrected chi connectivity index (χ2v) is 7.12. The standard InChI is InChI=1S/C19H27F2N3O2/c1-14(16-4-3-15(20)13-17(16)21)23-9-11-24(12-10-23)18(25)19(26-2)5-7-22-8-6-19/h3-4,13-14,22H,5-12H2,1-2H3. The number of nitrogens with zero attached hydrogens (tertiary/aromatic N) is 2. The second kappa shape index (κ2) is 7.98. The molecule has 3 rings (SSSR count). The molecule has 0 saturated carbocycles. The lowest BCUT2D eigenvalue weighted by molar-refractivity contribution is -0.160. The SMILES string of the molecule is COC1(C(=O)N2CCN(C(C)c3ccc(F)cc3F)CC2)CCNCC1. The molecular formula is C19H27F2N3O2. The molecule has 2 heterocycles. The fourth-order valence-electron chi connectivity index (χ4n) is 3.97. The van der Waals surface area contributed by atoms with Gasteiger partial charge in [0.15, 0.2) is 0 Å². The first kappa shape index (κ1) is 19.2. The average molecular weight is 367 g/mol. The summed E-state index contributed by atoms with van der Waals surface area (Å²) in [6.07, 6.45) is 1.36. The third kappa shape index (κ3) is 3.75. The highest BCUT2D eigenvalue weighted by molar-refractivity contribution is 5.85. The first-order valence-corrected chi connectivity index (χ1v) is 9.21. The fourth-order valence-corrected chi connectivity index (χ4v) is 3.97. The van der Waals surface area contributed by atoms with Crippen LogP contribution in [-0.4, -0.2) is 67.7 Å². The van der Waals surface area contributed by atoms with Gasteiger partial charge in [0.2, 0.25) is 0 Å². The Balaban J connectivity index is 1.62. The monoisotopic (exact) mass is 367 g/mol. The lowest BCUT2D eigenvalue weighted by Gasteiger charge is -2.43. The minimum absolute atomic E-state index is 0.0572. The van der Waals surface area contributed by atoms with Gasteiger partial charge in [0.1, 0.15) is 17.2 Å². The minimum Gasteiger partial charge on any atom is -0.368 e. The number of piperazine rings is 1. The molecule has 1 atom stereocenters. The Hall–Kier alpha value is -1.57. The summed E-state index contributed by atoms with van der Waals surface area (Å²) in [6, 6.07) is 3.55. The van der Waals surface area contributed by atoms with E-state index in [-0.39, 0.29) is 11.9 Å². The lowest BCUT2D eigenvalue weighted by atomic mass is 9.90. The summed E-state index contributed by atoms with van der Waals surface area (Å²) in [4.78, 5) is 17.0. The summed E-state index contributed by atoms with van der Waals surface area (Å²) >= 11 is 0. The van der Waals surface area contributed by atoms with Crippen LogP contribution in [0.2, 0.25) is 0 Å². The minimum atomic E-state index is -0.720. The van der Waals surface area contributed by atoms with Gasteiger partial charge in [0.05, 0.1) is 0 Å². The van der Waals surface area contributed by atoms with Gasteiger partial charge in [-0.2, -0.15) is 0 Å². The van der Waals surface area contributed by atoms with Gasteiger partial charge in [-0.15, -0.1) is 0 Å². The molecule has 26 heavy (non-hydrogen) atoms. The van der Waals surface area contributed by atoms with Crippen LogP contribution in [0.5, 0.6) is 0 Å². The molecule has 1 N–H and O–H groups in total. The first-order chi connectivity index (χ1) is 12.5. The van der Waals surface area contributed by atoms with Crippen molar-refractivity contribution in [3.05, 3.63) is 35.4 Å². The zero-order chi connectivity index (χ0) is 18.7. The Labute approximate surface area is 153 Å². The maximum atomic E-state index is 14.0. The van der Waals surface area contributed by atoms with Gasteiger partial charge >= 0.3 is 0 Å². The van der Waals surface area contributed by atoms with Crippen LogP contribution in [-0.2, 0) is 9.53 Å². The molecule has 144 valence electrons. The molecule has 1 aromatic rings. The molecule has 1 aromatic carbocycles. The summed E-state index contributed by atoms with van der Waals surface area (Å²) in [5.41, 5.74) is -0.236. The molecule has 5 nitrogen and oxygen atoms in total. The van der Waals surface area contributed by atoms with Crippen molar-refractivity contribution in [1.29, 1.82) is 0 Å². The van der Waals surface area contributed by atoms with Crippen LogP contribution < -0.4 is 5.32 Å². The molecule has 2 aliphatic heterocycles. The van der Waals surface area contributed by atoms with Crippen molar-refractivity contribution in [2.45, 2.75) is 31.4 Å². The maximum absolute atomic E-state index is 14.0. The molecule has 1 unspecified atom stereocenters. The number of methoxy groups -OCH3 is 1. The highest BCUT2D eigenvalue weighted by atomic mass is 19.1. The van der Waals surface area contributed by atoms with E-state index in [0.717, 1.165) is 19.2 Å². The Morgan fingerprint density at radius 3 is 2.42 bits per heavy atom. The van der Waals surface area contributed by atoms with E-state index in [2.05, 4.69) is 10.2 Å². The number of hydrogen-bond acceptors (Lipinski definition) is 4. The van der Waals surface area contributed by atoms with E-state index in [4.69, 9.17) is 4.74 Å². The highest BCUT2D eigenvalue weighted by Gasteiger charge is 2.43. The second-order valence-electron chi connectivity index (χ2n) is 7.12. The van der Waals surface area contributed by atoms with Crippen LogP contribution in [0.25, 0.3) is 0 Å². The maximum Gasteiger partial charge on any atom is 0.254 e. The number of rotatable bonds is 4. The summed E-state index contributed by atoms with van der Waals surface area (Å²) < 4.78 is 32.8. The lowest BCUT2D eigenvalue weighted by Crippen LogP contribution is -2.59. The predicted octanol–water partition coefficient (Wildman–Crippen LogP) is 1.94. The van der Waals surface area contributed by atoms with Crippen molar-refractivity contribution in [3.63, 3.8) is 0 Å². The summed E-state index contributed by atoms with van der Waals surface area (Å²) in [5.74, 6) is -1.04. The van der Waals surface area contributed by atoms with Gasteiger partial charge in [-0.1, -0.05) is 6.07 Å². The Morgan fingerprint density at radius 1 is 1.19 bits per heavy atom. The van der Waals surface area contributed by atoms with Gasteiger partial charge in [-0.3, -0.25) is 9.69 Å². The van der Waals surface area contributed by atoms with Crippen molar-refractivity contribution in [3.8, 4) is 0 Å². The van der Waals surface area contributed by atoms with E-state index in [9.17, 15) is 13.6 Å². The first-order valence-electron chi connectivity index (χ1n) is 9.21. The van der Waals surface area contributed by atoms with Crippen LogP contribution in [0.4, 0.5) is 8.78 Å². The van der Waals surface area contributed by atoms with Crippen molar-refractivity contribution in [2.24, 2.45) is 0 Å². The Kier molecular flexibility index (Phi) is 5.89. The number of piperidine rings is 1. The smallest absolute Gasteiger partial charge is 0.254 e. The number of hydrogen-bond donors (Lipinski definition) is 1. The largest absolute Gasteiger partial charge is 0.368 e. The molecule has 0 spiro atoms. The predicted molar refractivity (Wildman–Crippen MR) is 94.8 cm³/mol. The Morgan fingerprint density at radius 2 is 1.85 bits per heavy atom.